The summed E-state index contributed by atoms with van der Waals surface area (Å²) < 4.78 is 10.8. The number of carbonyl (C=O) groups is 1. The van der Waals surface area contributed by atoms with Crippen molar-refractivity contribution < 1.29 is 14.1 Å². The van der Waals surface area contributed by atoms with Gasteiger partial charge in [0.05, 0.1) is 12.7 Å². The summed E-state index contributed by atoms with van der Waals surface area (Å²) in [5.41, 5.74) is 2.74. The van der Waals surface area contributed by atoms with E-state index in [1.165, 1.54) is 5.56 Å². The van der Waals surface area contributed by atoms with Crippen LogP contribution < -0.4 is 4.74 Å². The van der Waals surface area contributed by atoms with Gasteiger partial charge in [-0.05, 0) is 31.9 Å². The Bertz CT molecular complexity index is 957. The molecule has 0 N–H and O–H groups in total. The van der Waals surface area contributed by atoms with Gasteiger partial charge in [-0.3, -0.25) is 4.79 Å². The number of hydrogen-bond donors (Lipinski definition) is 0. The number of carbonyl (C=O) groups excluding carboxylic acids is 1. The predicted octanol–water partition coefficient (Wildman–Crippen LogP) is 4.07. The maximum absolute atomic E-state index is 12.8. The smallest absolute Gasteiger partial charge is 0.257 e. The highest BCUT2D eigenvalue weighted by atomic mass is 16.5. The Labute approximate surface area is 164 Å². The Balaban J connectivity index is 1.42. The Morgan fingerprint density at radius 1 is 1.11 bits per heavy atom. The van der Waals surface area contributed by atoms with E-state index in [1.54, 1.807) is 13.2 Å². The molecule has 1 aliphatic heterocycles. The predicted molar refractivity (Wildman–Crippen MR) is 105 cm³/mol. The highest BCUT2D eigenvalue weighted by Crippen LogP contribution is 2.30. The molecule has 1 aromatic heterocycles. The van der Waals surface area contributed by atoms with E-state index in [1.807, 2.05) is 54.3 Å². The van der Waals surface area contributed by atoms with Crippen molar-refractivity contribution in [2.24, 2.45) is 0 Å². The van der Waals surface area contributed by atoms with Crippen molar-refractivity contribution in [3.63, 3.8) is 0 Å². The lowest BCUT2D eigenvalue weighted by Crippen LogP contribution is -2.38. The Kier molecular flexibility index (Phi) is 5.10. The van der Waals surface area contributed by atoms with E-state index < -0.39 is 0 Å². The van der Waals surface area contributed by atoms with Crippen molar-refractivity contribution in [2.75, 3.05) is 20.2 Å². The minimum absolute atomic E-state index is 0.00164. The van der Waals surface area contributed by atoms with E-state index in [0.29, 0.717) is 36.1 Å². The van der Waals surface area contributed by atoms with Gasteiger partial charge in [-0.15, -0.1) is 0 Å². The van der Waals surface area contributed by atoms with Gasteiger partial charge in [0.2, 0.25) is 11.7 Å². The van der Waals surface area contributed by atoms with Gasteiger partial charge in [0.15, 0.2) is 0 Å². The monoisotopic (exact) mass is 377 g/mol. The van der Waals surface area contributed by atoms with Crippen molar-refractivity contribution in [1.29, 1.82) is 0 Å². The lowest BCUT2D eigenvalue weighted by Gasteiger charge is -2.30. The summed E-state index contributed by atoms with van der Waals surface area (Å²) in [6.07, 6.45) is 1.60. The number of nitrogens with zero attached hydrogens (tertiary/aromatic N) is 3. The molecule has 4 rings (SSSR count). The zero-order valence-corrected chi connectivity index (χ0v) is 16.1. The van der Waals surface area contributed by atoms with E-state index in [4.69, 9.17) is 9.26 Å². The van der Waals surface area contributed by atoms with Gasteiger partial charge in [-0.25, -0.2) is 0 Å². The molecule has 0 saturated carbocycles. The normalized spacial score (nSPS) is 14.9. The third kappa shape index (κ3) is 3.63. The zero-order chi connectivity index (χ0) is 19.5. The summed E-state index contributed by atoms with van der Waals surface area (Å²) in [5, 5.41) is 4.13. The number of likely N-dealkylation sites (tertiary alicyclic amines) is 1. The largest absolute Gasteiger partial charge is 0.496 e. The first-order chi connectivity index (χ1) is 13.7. The maximum Gasteiger partial charge on any atom is 0.257 e. The molecule has 28 heavy (non-hydrogen) atoms. The van der Waals surface area contributed by atoms with Gasteiger partial charge < -0.3 is 14.2 Å². The van der Waals surface area contributed by atoms with Crippen LogP contribution in [0.1, 0.15) is 40.6 Å². The Hall–Kier alpha value is -3.15. The third-order valence-electron chi connectivity index (χ3n) is 5.22. The fourth-order valence-corrected chi connectivity index (χ4v) is 3.54. The maximum atomic E-state index is 12.8. The molecule has 2 aromatic carbocycles. The molecule has 1 amide bonds. The highest BCUT2D eigenvalue weighted by Gasteiger charge is 2.29. The summed E-state index contributed by atoms with van der Waals surface area (Å²) in [5.74, 6) is 2.05. The van der Waals surface area contributed by atoms with Crippen LogP contribution in [-0.2, 0) is 0 Å². The second-order valence-electron chi connectivity index (χ2n) is 7.09. The molecule has 0 aliphatic carbocycles. The molecule has 0 unspecified atom stereocenters. The number of piperidine rings is 1. The summed E-state index contributed by atoms with van der Waals surface area (Å²) in [6, 6.07) is 15.4. The number of aromatic nitrogens is 2. The topological polar surface area (TPSA) is 68.5 Å². The second kappa shape index (κ2) is 7.84. The van der Waals surface area contributed by atoms with Gasteiger partial charge in [-0.1, -0.05) is 47.1 Å². The number of rotatable bonds is 4. The van der Waals surface area contributed by atoms with E-state index in [0.717, 1.165) is 18.4 Å². The summed E-state index contributed by atoms with van der Waals surface area (Å²) >= 11 is 0. The quantitative estimate of drug-likeness (QED) is 0.685. The van der Waals surface area contributed by atoms with Crippen LogP contribution in [0.5, 0.6) is 5.75 Å². The van der Waals surface area contributed by atoms with Gasteiger partial charge in [-0.2, -0.15) is 4.98 Å². The molecule has 1 fully saturated rings. The number of para-hydroxylation sites is 1. The number of amides is 1. The first kappa shape index (κ1) is 18.2. The van der Waals surface area contributed by atoms with E-state index >= 15 is 0 Å². The molecule has 0 atom stereocenters. The Morgan fingerprint density at radius 3 is 2.54 bits per heavy atom. The molecule has 1 aliphatic rings. The molecule has 6 nitrogen and oxygen atoms in total. The van der Waals surface area contributed by atoms with Crippen LogP contribution in [0.3, 0.4) is 0 Å². The average Bonchev–Trinajstić information content (AvgIpc) is 3.24. The molecule has 144 valence electrons. The average molecular weight is 377 g/mol. The molecule has 0 radical (unpaired) electrons. The Morgan fingerprint density at radius 2 is 1.82 bits per heavy atom. The number of benzene rings is 2. The van der Waals surface area contributed by atoms with Crippen LogP contribution in [0.2, 0.25) is 0 Å². The minimum atomic E-state index is 0.00164. The number of hydrogen-bond acceptors (Lipinski definition) is 5. The summed E-state index contributed by atoms with van der Waals surface area (Å²) in [6.45, 7) is 3.36. The standard InChI is InChI=1S/C22H23N3O3/c1-15-7-9-16(10-8-15)20-23-21(28-24-20)17-11-13-25(14-12-17)22(26)18-5-3-4-6-19(18)27-2/h3-10,17H,11-14H2,1-2H3. The first-order valence-electron chi connectivity index (χ1n) is 9.48. The van der Waals surface area contributed by atoms with Gasteiger partial charge in [0, 0.05) is 24.6 Å². The lowest BCUT2D eigenvalue weighted by molar-refractivity contribution is 0.0701. The fraction of sp³-hybridized carbons (Fsp3) is 0.318. The molecule has 2 heterocycles. The van der Waals surface area contributed by atoms with Crippen molar-refractivity contribution in [1.82, 2.24) is 15.0 Å². The minimum Gasteiger partial charge on any atom is -0.496 e. The SMILES string of the molecule is COc1ccccc1C(=O)N1CCC(c2nc(-c3ccc(C)cc3)no2)CC1. The van der Waals surface area contributed by atoms with E-state index in [2.05, 4.69) is 10.1 Å². The zero-order valence-electron chi connectivity index (χ0n) is 16.1. The summed E-state index contributed by atoms with van der Waals surface area (Å²) in [7, 11) is 1.58. The van der Waals surface area contributed by atoms with Gasteiger partial charge in [0.1, 0.15) is 5.75 Å². The first-order valence-corrected chi connectivity index (χ1v) is 9.48. The third-order valence-corrected chi connectivity index (χ3v) is 5.22. The lowest BCUT2D eigenvalue weighted by atomic mass is 9.96. The van der Waals surface area contributed by atoms with Gasteiger partial charge in [0.25, 0.3) is 5.91 Å². The van der Waals surface area contributed by atoms with E-state index in [9.17, 15) is 4.79 Å². The molecule has 0 bridgehead atoms. The van der Waals surface area contributed by atoms with Crippen molar-refractivity contribution in [3.05, 3.63) is 65.5 Å². The molecular formula is C22H23N3O3. The van der Waals surface area contributed by atoms with Crippen molar-refractivity contribution >= 4 is 5.91 Å². The van der Waals surface area contributed by atoms with Crippen molar-refractivity contribution in [2.45, 2.75) is 25.7 Å². The van der Waals surface area contributed by atoms with Crippen LogP contribution >= 0.6 is 0 Å². The molecule has 0 spiro atoms. The summed E-state index contributed by atoms with van der Waals surface area (Å²) in [4.78, 5) is 19.3. The number of ether oxygens (including phenoxy) is 1. The highest BCUT2D eigenvalue weighted by molar-refractivity contribution is 5.97. The molecule has 3 aromatic rings. The van der Waals surface area contributed by atoms with Gasteiger partial charge >= 0.3 is 0 Å². The van der Waals surface area contributed by atoms with Crippen LogP contribution in [0.25, 0.3) is 11.4 Å². The molecular weight excluding hydrogens is 354 g/mol. The molecule has 6 heteroatoms. The number of methoxy groups -OCH3 is 1. The van der Waals surface area contributed by atoms with Crippen LogP contribution in [0.15, 0.2) is 53.1 Å². The fourth-order valence-electron chi connectivity index (χ4n) is 3.54. The molecule has 1 saturated heterocycles. The van der Waals surface area contributed by atoms with Crippen LogP contribution in [0, 0.1) is 6.92 Å². The second-order valence-corrected chi connectivity index (χ2v) is 7.09. The number of aryl methyl sites for hydroxylation is 1. The van der Waals surface area contributed by atoms with E-state index in [-0.39, 0.29) is 11.8 Å². The van der Waals surface area contributed by atoms with Crippen LogP contribution in [0.4, 0.5) is 0 Å². The van der Waals surface area contributed by atoms with Crippen molar-refractivity contribution in [3.8, 4) is 17.1 Å². The van der Waals surface area contributed by atoms with Crippen LogP contribution in [-0.4, -0.2) is 41.1 Å².